The van der Waals surface area contributed by atoms with Gasteiger partial charge in [0.1, 0.15) is 5.75 Å². The summed E-state index contributed by atoms with van der Waals surface area (Å²) in [5.41, 5.74) is 6.92. The lowest BCUT2D eigenvalue weighted by molar-refractivity contribution is 0.306. The van der Waals surface area contributed by atoms with Crippen LogP contribution in [0.1, 0.15) is 57.4 Å². The summed E-state index contributed by atoms with van der Waals surface area (Å²) in [5, 5.41) is 0. The topological polar surface area (TPSA) is 35.2 Å². The third-order valence-electron chi connectivity index (χ3n) is 3.31. The molecule has 102 valence electrons. The molecule has 2 N–H and O–H groups in total. The predicted octanol–water partition coefficient (Wildman–Crippen LogP) is 4.10. The quantitative estimate of drug-likeness (QED) is 0.669. The van der Waals surface area contributed by atoms with Gasteiger partial charge in [0.25, 0.3) is 0 Å². The van der Waals surface area contributed by atoms with Crippen LogP contribution in [-0.2, 0) is 0 Å². The molecule has 0 radical (unpaired) electrons. The van der Waals surface area contributed by atoms with Gasteiger partial charge in [0.2, 0.25) is 0 Å². The Morgan fingerprint density at radius 2 is 1.83 bits per heavy atom. The van der Waals surface area contributed by atoms with E-state index in [-0.39, 0.29) is 0 Å². The van der Waals surface area contributed by atoms with Crippen molar-refractivity contribution in [2.24, 2.45) is 5.73 Å². The first kappa shape index (κ1) is 15.0. The molecule has 0 bridgehead atoms. The van der Waals surface area contributed by atoms with Gasteiger partial charge in [0.15, 0.2) is 0 Å². The Morgan fingerprint density at radius 3 is 2.44 bits per heavy atom. The van der Waals surface area contributed by atoms with Crippen LogP contribution < -0.4 is 10.5 Å². The first-order chi connectivity index (χ1) is 8.77. The zero-order valence-corrected chi connectivity index (χ0v) is 11.8. The Hall–Kier alpha value is -1.02. The molecule has 0 spiro atoms. The minimum Gasteiger partial charge on any atom is -0.494 e. The first-order valence-corrected chi connectivity index (χ1v) is 7.20. The molecule has 0 aromatic heterocycles. The predicted molar refractivity (Wildman–Crippen MR) is 78.2 cm³/mol. The Kier molecular flexibility index (Phi) is 7.51. The van der Waals surface area contributed by atoms with Crippen LogP contribution in [0, 0.1) is 0 Å². The summed E-state index contributed by atoms with van der Waals surface area (Å²) >= 11 is 0. The van der Waals surface area contributed by atoms with Crippen LogP contribution in [0.2, 0.25) is 0 Å². The second-order valence-corrected chi connectivity index (χ2v) is 4.96. The largest absolute Gasteiger partial charge is 0.494 e. The number of benzene rings is 1. The SMILES string of the molecule is CCCCCOc1ccc(C(C)CCCN)cc1. The van der Waals surface area contributed by atoms with Crippen LogP contribution in [-0.4, -0.2) is 13.2 Å². The molecule has 0 amide bonds. The zero-order valence-electron chi connectivity index (χ0n) is 11.8. The van der Waals surface area contributed by atoms with Crippen molar-refractivity contribution in [3.05, 3.63) is 29.8 Å². The van der Waals surface area contributed by atoms with Crippen molar-refractivity contribution in [2.75, 3.05) is 13.2 Å². The lowest BCUT2D eigenvalue weighted by atomic mass is 9.96. The minimum atomic E-state index is 0.586. The van der Waals surface area contributed by atoms with Gasteiger partial charge >= 0.3 is 0 Å². The summed E-state index contributed by atoms with van der Waals surface area (Å²) < 4.78 is 5.70. The molecule has 1 aromatic rings. The van der Waals surface area contributed by atoms with E-state index < -0.39 is 0 Å². The molecule has 0 saturated heterocycles. The van der Waals surface area contributed by atoms with E-state index in [1.54, 1.807) is 0 Å². The Bertz CT molecular complexity index is 307. The van der Waals surface area contributed by atoms with Gasteiger partial charge < -0.3 is 10.5 Å². The fraction of sp³-hybridized carbons (Fsp3) is 0.625. The summed E-state index contributed by atoms with van der Waals surface area (Å²) in [7, 11) is 0. The normalized spacial score (nSPS) is 12.4. The molecule has 1 aromatic carbocycles. The molecule has 0 fully saturated rings. The van der Waals surface area contributed by atoms with Gasteiger partial charge in [-0.25, -0.2) is 0 Å². The second-order valence-electron chi connectivity index (χ2n) is 4.96. The highest BCUT2D eigenvalue weighted by molar-refractivity contribution is 5.29. The highest BCUT2D eigenvalue weighted by Gasteiger charge is 2.04. The zero-order chi connectivity index (χ0) is 13.2. The third-order valence-corrected chi connectivity index (χ3v) is 3.31. The number of ether oxygens (including phenoxy) is 1. The van der Waals surface area contributed by atoms with Crippen LogP contribution in [0.3, 0.4) is 0 Å². The van der Waals surface area contributed by atoms with Gasteiger partial charge in [0, 0.05) is 0 Å². The molecule has 0 aliphatic heterocycles. The molecule has 2 nitrogen and oxygen atoms in total. The molecular weight excluding hydrogens is 222 g/mol. The third kappa shape index (κ3) is 5.54. The highest BCUT2D eigenvalue weighted by Crippen LogP contribution is 2.22. The van der Waals surface area contributed by atoms with Crippen LogP contribution in [0.5, 0.6) is 5.75 Å². The van der Waals surface area contributed by atoms with E-state index >= 15 is 0 Å². The number of nitrogens with two attached hydrogens (primary N) is 1. The summed E-state index contributed by atoms with van der Waals surface area (Å²) in [5.74, 6) is 1.57. The van der Waals surface area contributed by atoms with Gasteiger partial charge in [-0.2, -0.15) is 0 Å². The Morgan fingerprint density at radius 1 is 1.11 bits per heavy atom. The van der Waals surface area contributed by atoms with E-state index in [4.69, 9.17) is 10.5 Å². The molecule has 1 unspecified atom stereocenters. The highest BCUT2D eigenvalue weighted by atomic mass is 16.5. The molecule has 0 aliphatic rings. The van der Waals surface area contributed by atoms with E-state index in [2.05, 4.69) is 38.1 Å². The second kappa shape index (κ2) is 8.98. The Labute approximate surface area is 112 Å². The molecule has 0 saturated carbocycles. The van der Waals surface area contributed by atoms with Gasteiger partial charge in [0.05, 0.1) is 6.61 Å². The smallest absolute Gasteiger partial charge is 0.119 e. The molecule has 18 heavy (non-hydrogen) atoms. The van der Waals surface area contributed by atoms with Crippen molar-refractivity contribution in [3.63, 3.8) is 0 Å². The molecule has 0 heterocycles. The summed E-state index contributed by atoms with van der Waals surface area (Å²) in [6, 6.07) is 8.52. The summed E-state index contributed by atoms with van der Waals surface area (Å²) in [6.07, 6.45) is 5.88. The molecule has 0 aliphatic carbocycles. The fourth-order valence-electron chi connectivity index (χ4n) is 2.03. The maximum atomic E-state index is 5.70. The van der Waals surface area contributed by atoms with Crippen molar-refractivity contribution in [1.29, 1.82) is 0 Å². The van der Waals surface area contributed by atoms with Crippen molar-refractivity contribution in [3.8, 4) is 5.75 Å². The average molecular weight is 249 g/mol. The van der Waals surface area contributed by atoms with Gasteiger partial charge in [-0.1, -0.05) is 38.8 Å². The lowest BCUT2D eigenvalue weighted by Crippen LogP contribution is -2.02. The van der Waals surface area contributed by atoms with Crippen molar-refractivity contribution in [1.82, 2.24) is 0 Å². The first-order valence-electron chi connectivity index (χ1n) is 7.20. The summed E-state index contributed by atoms with van der Waals surface area (Å²) in [4.78, 5) is 0. The molecular formula is C16H27NO. The summed E-state index contributed by atoms with van der Waals surface area (Å²) in [6.45, 7) is 6.07. The van der Waals surface area contributed by atoms with Crippen molar-refractivity contribution >= 4 is 0 Å². The monoisotopic (exact) mass is 249 g/mol. The molecule has 1 rings (SSSR count). The number of rotatable bonds is 9. The van der Waals surface area contributed by atoms with Gasteiger partial charge in [-0.15, -0.1) is 0 Å². The van der Waals surface area contributed by atoms with E-state index in [1.807, 2.05) is 0 Å². The maximum Gasteiger partial charge on any atom is 0.119 e. The van der Waals surface area contributed by atoms with Crippen LogP contribution >= 0.6 is 0 Å². The molecule has 2 heteroatoms. The van der Waals surface area contributed by atoms with Crippen LogP contribution in [0.15, 0.2) is 24.3 Å². The minimum absolute atomic E-state index is 0.586. The van der Waals surface area contributed by atoms with E-state index in [9.17, 15) is 0 Å². The number of hydrogen-bond donors (Lipinski definition) is 1. The Balaban J connectivity index is 2.37. The number of unbranched alkanes of at least 4 members (excludes halogenated alkanes) is 2. The van der Waals surface area contributed by atoms with Crippen molar-refractivity contribution < 1.29 is 4.74 Å². The lowest BCUT2D eigenvalue weighted by Gasteiger charge is -2.12. The van der Waals surface area contributed by atoms with Gasteiger partial charge in [-0.3, -0.25) is 0 Å². The van der Waals surface area contributed by atoms with Crippen molar-refractivity contribution in [2.45, 2.75) is 51.9 Å². The van der Waals surface area contributed by atoms with E-state index in [1.165, 1.54) is 18.4 Å². The van der Waals surface area contributed by atoms with Crippen LogP contribution in [0.25, 0.3) is 0 Å². The standard InChI is InChI=1S/C16H27NO/c1-3-4-5-13-18-16-10-8-15(9-11-16)14(2)7-6-12-17/h8-11,14H,3-7,12-13,17H2,1-2H3. The maximum absolute atomic E-state index is 5.70. The van der Waals surface area contributed by atoms with E-state index in [0.717, 1.165) is 38.2 Å². The van der Waals surface area contributed by atoms with E-state index in [0.29, 0.717) is 5.92 Å². The molecule has 1 atom stereocenters. The fourth-order valence-corrected chi connectivity index (χ4v) is 2.03. The van der Waals surface area contributed by atoms with Crippen LogP contribution in [0.4, 0.5) is 0 Å². The van der Waals surface area contributed by atoms with Gasteiger partial charge in [-0.05, 0) is 49.4 Å². The number of hydrogen-bond acceptors (Lipinski definition) is 2. The average Bonchev–Trinajstić information content (AvgIpc) is 2.41.